The van der Waals surface area contributed by atoms with E-state index >= 15 is 0 Å². The molecule has 0 amide bonds. The Labute approximate surface area is 343 Å². The molecule has 6 nitrogen and oxygen atoms in total. The lowest BCUT2D eigenvalue weighted by Gasteiger charge is -2.25. The number of anilines is 3. The lowest BCUT2D eigenvalue weighted by atomic mass is 10.0. The zero-order chi connectivity index (χ0) is 39.9. The number of hydrogen-bond acceptors (Lipinski definition) is 4. The second-order valence-electron chi connectivity index (χ2n) is 15.1. The van der Waals surface area contributed by atoms with Crippen molar-refractivity contribution in [1.82, 2.24) is 9.13 Å². The Hall–Kier alpha value is -8.58. The molecule has 0 unspecified atom stereocenters. The Morgan fingerprint density at radius 1 is 0.417 bits per heavy atom. The molecule has 278 valence electrons. The van der Waals surface area contributed by atoms with Crippen molar-refractivity contribution in [2.24, 2.45) is 0 Å². The molecule has 0 fully saturated rings. The highest BCUT2D eigenvalue weighted by molar-refractivity contribution is 6.23. The van der Waals surface area contributed by atoms with Gasteiger partial charge in [0.05, 0.1) is 44.6 Å². The van der Waals surface area contributed by atoms with Crippen molar-refractivity contribution < 1.29 is 4.42 Å². The monoisotopic (exact) mass is 765 g/mol. The molecule has 6 heteroatoms. The first kappa shape index (κ1) is 33.5. The van der Waals surface area contributed by atoms with Crippen LogP contribution in [0.4, 0.5) is 17.1 Å². The van der Waals surface area contributed by atoms with E-state index in [0.29, 0.717) is 22.5 Å². The molecular weight excluding hydrogens is 735 g/mol. The molecule has 0 atom stereocenters. The van der Waals surface area contributed by atoms with E-state index in [1.54, 1.807) is 0 Å². The van der Waals surface area contributed by atoms with E-state index in [4.69, 9.17) is 4.42 Å². The summed E-state index contributed by atoms with van der Waals surface area (Å²) >= 11 is 0. The molecule has 12 rings (SSSR count). The second-order valence-corrected chi connectivity index (χ2v) is 15.1. The van der Waals surface area contributed by atoms with Gasteiger partial charge in [-0.2, -0.15) is 10.5 Å². The Kier molecular flexibility index (Phi) is 7.26. The SMILES string of the molecule is N#Cc1cc(-n2c3ccccc3c3ccc4c5ccccc5oc4c32)c(C#N)cc1-n1c2ccc(N(c3ccccc3)c3ccccc3)cc2c2c3ccccc3ccc21. The van der Waals surface area contributed by atoms with E-state index < -0.39 is 0 Å². The molecule has 12 aromatic rings. The van der Waals surface area contributed by atoms with E-state index in [-0.39, 0.29) is 0 Å². The molecule has 0 aliphatic rings. The molecule has 3 aromatic heterocycles. The third-order valence-corrected chi connectivity index (χ3v) is 11.9. The first-order valence-electron chi connectivity index (χ1n) is 19.9. The van der Waals surface area contributed by atoms with E-state index in [9.17, 15) is 10.5 Å². The maximum atomic E-state index is 11.1. The fourth-order valence-electron chi connectivity index (χ4n) is 9.39. The van der Waals surface area contributed by atoms with E-state index in [0.717, 1.165) is 93.4 Å². The summed E-state index contributed by atoms with van der Waals surface area (Å²) in [6.07, 6.45) is 0. The fourth-order valence-corrected chi connectivity index (χ4v) is 9.39. The number of hydrogen-bond donors (Lipinski definition) is 0. The highest BCUT2D eigenvalue weighted by Gasteiger charge is 2.25. The van der Waals surface area contributed by atoms with Gasteiger partial charge in [-0.1, -0.05) is 109 Å². The van der Waals surface area contributed by atoms with Gasteiger partial charge >= 0.3 is 0 Å². The van der Waals surface area contributed by atoms with Gasteiger partial charge < -0.3 is 18.5 Å². The van der Waals surface area contributed by atoms with Crippen molar-refractivity contribution in [3.05, 3.63) is 199 Å². The Balaban J connectivity index is 1.15. The maximum absolute atomic E-state index is 11.1. The van der Waals surface area contributed by atoms with Gasteiger partial charge in [-0.25, -0.2) is 0 Å². The molecule has 0 bridgehead atoms. The molecule has 0 saturated heterocycles. The van der Waals surface area contributed by atoms with Crippen molar-refractivity contribution in [2.45, 2.75) is 0 Å². The summed E-state index contributed by atoms with van der Waals surface area (Å²) in [5, 5.41) is 30.6. The van der Waals surface area contributed by atoms with Gasteiger partial charge in [0.25, 0.3) is 0 Å². The Bertz CT molecular complexity index is 3760. The van der Waals surface area contributed by atoms with Crippen LogP contribution in [0.15, 0.2) is 192 Å². The third-order valence-electron chi connectivity index (χ3n) is 11.9. The molecule has 60 heavy (non-hydrogen) atoms. The first-order chi connectivity index (χ1) is 29.7. The van der Waals surface area contributed by atoms with Gasteiger partial charge in [0.2, 0.25) is 0 Å². The Morgan fingerprint density at radius 2 is 1.00 bits per heavy atom. The van der Waals surface area contributed by atoms with Crippen molar-refractivity contribution in [3.63, 3.8) is 0 Å². The summed E-state index contributed by atoms with van der Waals surface area (Å²) in [5.41, 5.74) is 10.4. The lowest BCUT2D eigenvalue weighted by Crippen LogP contribution is -2.09. The maximum Gasteiger partial charge on any atom is 0.160 e. The normalized spacial score (nSPS) is 11.6. The predicted octanol–water partition coefficient (Wildman–Crippen LogP) is 14.1. The molecule has 0 saturated carbocycles. The minimum absolute atomic E-state index is 0.437. The molecule has 0 radical (unpaired) electrons. The molecule has 3 heterocycles. The van der Waals surface area contributed by atoms with Gasteiger partial charge in [0.15, 0.2) is 5.58 Å². The van der Waals surface area contributed by atoms with Crippen LogP contribution in [0.2, 0.25) is 0 Å². The minimum Gasteiger partial charge on any atom is -0.454 e. The number of fused-ring (bicyclic) bond motifs is 12. The smallest absolute Gasteiger partial charge is 0.160 e. The molecule has 0 aliphatic heterocycles. The lowest BCUT2D eigenvalue weighted by molar-refractivity contribution is 0.671. The average molecular weight is 766 g/mol. The van der Waals surface area contributed by atoms with Crippen molar-refractivity contribution in [2.75, 3.05) is 4.90 Å². The van der Waals surface area contributed by atoms with E-state index in [1.165, 1.54) is 0 Å². The van der Waals surface area contributed by atoms with Crippen LogP contribution in [0.3, 0.4) is 0 Å². The van der Waals surface area contributed by atoms with Crippen LogP contribution >= 0.6 is 0 Å². The van der Waals surface area contributed by atoms with Crippen LogP contribution in [0.1, 0.15) is 11.1 Å². The quantitative estimate of drug-likeness (QED) is 0.175. The van der Waals surface area contributed by atoms with E-state index in [2.05, 4.69) is 160 Å². The summed E-state index contributed by atoms with van der Waals surface area (Å²) in [4.78, 5) is 2.27. The highest BCUT2D eigenvalue weighted by Crippen LogP contribution is 2.44. The number of rotatable bonds is 5. The molecule has 0 N–H and O–H groups in total. The summed E-state index contributed by atoms with van der Waals surface area (Å²) in [7, 11) is 0. The summed E-state index contributed by atoms with van der Waals surface area (Å²) in [6, 6.07) is 69.4. The number of furan rings is 1. The predicted molar refractivity (Wildman–Crippen MR) is 244 cm³/mol. The summed E-state index contributed by atoms with van der Waals surface area (Å²) in [6.45, 7) is 0. The number of benzene rings is 9. The van der Waals surface area contributed by atoms with E-state index in [1.807, 2.05) is 54.6 Å². The topological polar surface area (TPSA) is 73.8 Å². The molecule has 0 aliphatic carbocycles. The standard InChI is InChI=1S/C54H31N5O/c55-32-35-30-50(59-46-21-11-9-19-41(46)43-25-26-44-42-20-10-12-22-51(42)60-54(44)53(43)59)36(33-56)29-49(35)58-47-28-24-39(57(37-14-3-1-4-15-37)38-16-5-2-6-17-38)31-45(47)52-40-18-8-7-13-34(40)23-27-48(52)58/h1-31H. The number of aromatic nitrogens is 2. The van der Waals surface area contributed by atoms with Crippen LogP contribution in [-0.4, -0.2) is 9.13 Å². The Morgan fingerprint density at radius 3 is 1.73 bits per heavy atom. The zero-order valence-corrected chi connectivity index (χ0v) is 32.0. The van der Waals surface area contributed by atoms with Crippen molar-refractivity contribution in [1.29, 1.82) is 10.5 Å². The van der Waals surface area contributed by atoms with Gasteiger partial charge in [-0.15, -0.1) is 0 Å². The average Bonchev–Trinajstić information content (AvgIpc) is 3.97. The fraction of sp³-hybridized carbons (Fsp3) is 0. The van der Waals surface area contributed by atoms with Crippen LogP contribution in [0, 0.1) is 22.7 Å². The van der Waals surface area contributed by atoms with Crippen molar-refractivity contribution >= 4 is 93.4 Å². The van der Waals surface area contributed by atoms with Crippen LogP contribution < -0.4 is 4.90 Å². The van der Waals surface area contributed by atoms with Crippen LogP contribution in [0.5, 0.6) is 0 Å². The molecule has 0 spiro atoms. The van der Waals surface area contributed by atoms with Gasteiger partial charge in [0, 0.05) is 49.4 Å². The zero-order valence-electron chi connectivity index (χ0n) is 32.0. The first-order valence-corrected chi connectivity index (χ1v) is 19.9. The van der Waals surface area contributed by atoms with Crippen molar-refractivity contribution in [3.8, 4) is 23.5 Å². The summed E-state index contributed by atoms with van der Waals surface area (Å²) in [5.74, 6) is 0. The minimum atomic E-state index is 0.437. The number of nitrogens with zero attached hydrogens (tertiary/aromatic N) is 5. The van der Waals surface area contributed by atoms with Gasteiger partial charge in [0.1, 0.15) is 17.7 Å². The number of nitriles is 2. The highest BCUT2D eigenvalue weighted by atomic mass is 16.3. The van der Waals surface area contributed by atoms with Gasteiger partial charge in [-0.3, -0.25) is 0 Å². The second kappa shape index (κ2) is 13.0. The van der Waals surface area contributed by atoms with Crippen LogP contribution in [0.25, 0.3) is 87.7 Å². The third kappa shape index (κ3) is 4.80. The summed E-state index contributed by atoms with van der Waals surface area (Å²) < 4.78 is 10.9. The molecular formula is C54H31N5O. The molecule has 9 aromatic carbocycles. The number of para-hydroxylation sites is 4. The largest absolute Gasteiger partial charge is 0.454 e. The van der Waals surface area contributed by atoms with Gasteiger partial charge in [-0.05, 0) is 89.6 Å². The van der Waals surface area contributed by atoms with Crippen LogP contribution in [-0.2, 0) is 0 Å².